The smallest absolute Gasteiger partial charge is 0.251 e. The molecule has 7 heteroatoms. The third kappa shape index (κ3) is 2.93. The molecule has 1 aromatic carbocycles. The Morgan fingerprint density at radius 2 is 2.04 bits per heavy atom. The number of benzene rings is 1. The van der Waals surface area contributed by atoms with Gasteiger partial charge in [-0.2, -0.15) is 5.10 Å². The summed E-state index contributed by atoms with van der Waals surface area (Å²) in [5.41, 5.74) is 2.65. The van der Waals surface area contributed by atoms with Crippen LogP contribution in [-0.4, -0.2) is 38.7 Å². The SMILES string of the molecule is CNC(=O)c1ccc(CN(c2ncnc3c2cnn3C)C2CC2)cc1. The fourth-order valence-electron chi connectivity index (χ4n) is 3.04. The normalized spacial score (nSPS) is 13.8. The summed E-state index contributed by atoms with van der Waals surface area (Å²) in [6, 6.07) is 8.22. The van der Waals surface area contributed by atoms with E-state index in [9.17, 15) is 4.79 Å². The molecule has 1 saturated carbocycles. The van der Waals surface area contributed by atoms with Gasteiger partial charge in [0, 0.05) is 32.2 Å². The third-order valence-electron chi connectivity index (χ3n) is 4.56. The molecule has 0 saturated heterocycles. The van der Waals surface area contributed by atoms with Crippen LogP contribution < -0.4 is 10.2 Å². The van der Waals surface area contributed by atoms with Crippen molar-refractivity contribution in [1.82, 2.24) is 25.1 Å². The molecule has 7 nitrogen and oxygen atoms in total. The van der Waals surface area contributed by atoms with Crippen LogP contribution in [0.25, 0.3) is 11.0 Å². The molecule has 0 radical (unpaired) electrons. The number of nitrogens with one attached hydrogen (secondary N) is 1. The number of hydrogen-bond acceptors (Lipinski definition) is 5. The van der Waals surface area contributed by atoms with Crippen molar-refractivity contribution < 1.29 is 4.79 Å². The van der Waals surface area contributed by atoms with Crippen molar-refractivity contribution in [2.24, 2.45) is 7.05 Å². The molecule has 1 amide bonds. The maximum atomic E-state index is 11.7. The number of carbonyl (C=O) groups excluding carboxylic acids is 1. The van der Waals surface area contributed by atoms with Gasteiger partial charge in [0.15, 0.2) is 5.65 Å². The molecule has 0 bridgehead atoms. The minimum Gasteiger partial charge on any atom is -0.355 e. The molecular weight excluding hydrogens is 316 g/mol. The van der Waals surface area contributed by atoms with E-state index in [2.05, 4.69) is 25.3 Å². The van der Waals surface area contributed by atoms with E-state index in [1.165, 1.54) is 12.8 Å². The number of fused-ring (bicyclic) bond motifs is 1. The molecule has 0 unspecified atom stereocenters. The molecule has 3 aromatic rings. The first-order valence-electron chi connectivity index (χ1n) is 8.37. The summed E-state index contributed by atoms with van der Waals surface area (Å²) >= 11 is 0. The van der Waals surface area contributed by atoms with Crippen LogP contribution in [0, 0.1) is 0 Å². The van der Waals surface area contributed by atoms with E-state index >= 15 is 0 Å². The topological polar surface area (TPSA) is 75.9 Å². The van der Waals surface area contributed by atoms with E-state index < -0.39 is 0 Å². The number of hydrogen-bond donors (Lipinski definition) is 1. The molecule has 128 valence electrons. The summed E-state index contributed by atoms with van der Waals surface area (Å²) in [4.78, 5) is 22.9. The van der Waals surface area contributed by atoms with Crippen LogP contribution in [0.5, 0.6) is 0 Å². The summed E-state index contributed by atoms with van der Waals surface area (Å²) in [6.45, 7) is 0.750. The average molecular weight is 336 g/mol. The molecule has 2 heterocycles. The van der Waals surface area contributed by atoms with Gasteiger partial charge < -0.3 is 10.2 Å². The molecule has 2 aromatic heterocycles. The molecule has 0 spiro atoms. The number of carbonyl (C=O) groups is 1. The minimum atomic E-state index is -0.0709. The van der Waals surface area contributed by atoms with Crippen molar-refractivity contribution >= 4 is 22.8 Å². The van der Waals surface area contributed by atoms with Gasteiger partial charge in [-0.25, -0.2) is 9.97 Å². The van der Waals surface area contributed by atoms with Gasteiger partial charge in [0.05, 0.1) is 11.6 Å². The fraction of sp³-hybridized carbons (Fsp3) is 0.333. The second-order valence-corrected chi connectivity index (χ2v) is 6.34. The van der Waals surface area contributed by atoms with Crippen LogP contribution in [0.15, 0.2) is 36.8 Å². The van der Waals surface area contributed by atoms with Gasteiger partial charge in [0.1, 0.15) is 12.1 Å². The van der Waals surface area contributed by atoms with Crippen molar-refractivity contribution in [1.29, 1.82) is 0 Å². The first-order chi connectivity index (χ1) is 12.2. The molecular formula is C18H20N6O. The van der Waals surface area contributed by atoms with E-state index in [0.717, 1.165) is 29.0 Å². The standard InChI is InChI=1S/C18H20N6O/c1-19-18(25)13-5-3-12(4-6-13)10-24(14-7-8-14)17-15-9-22-23(2)16(15)20-11-21-17/h3-6,9,11,14H,7-8,10H2,1-2H3,(H,19,25). The van der Waals surface area contributed by atoms with Crippen LogP contribution in [0.3, 0.4) is 0 Å². The number of rotatable bonds is 5. The predicted molar refractivity (Wildman–Crippen MR) is 95.3 cm³/mol. The third-order valence-corrected chi connectivity index (χ3v) is 4.56. The Hall–Kier alpha value is -2.96. The van der Waals surface area contributed by atoms with Crippen molar-refractivity contribution in [3.05, 3.63) is 47.9 Å². The Balaban J connectivity index is 1.65. The summed E-state index contributed by atoms with van der Waals surface area (Å²) in [5.74, 6) is 0.856. The highest BCUT2D eigenvalue weighted by Gasteiger charge is 2.31. The molecule has 25 heavy (non-hydrogen) atoms. The maximum Gasteiger partial charge on any atom is 0.251 e. The van der Waals surface area contributed by atoms with Gasteiger partial charge in [-0.15, -0.1) is 0 Å². The second kappa shape index (κ2) is 6.16. The molecule has 0 atom stereocenters. The molecule has 1 aliphatic carbocycles. The Morgan fingerprint density at radius 3 is 2.72 bits per heavy atom. The molecule has 0 aliphatic heterocycles. The van der Waals surface area contributed by atoms with Crippen LogP contribution in [0.1, 0.15) is 28.8 Å². The highest BCUT2D eigenvalue weighted by atomic mass is 16.1. The Labute approximate surface area is 145 Å². The van der Waals surface area contributed by atoms with E-state index in [4.69, 9.17) is 0 Å². The zero-order valence-corrected chi connectivity index (χ0v) is 14.3. The minimum absolute atomic E-state index is 0.0709. The average Bonchev–Trinajstić information content (AvgIpc) is 3.42. The molecule has 1 fully saturated rings. The van der Waals surface area contributed by atoms with Gasteiger partial charge in [-0.3, -0.25) is 9.48 Å². The summed E-state index contributed by atoms with van der Waals surface area (Å²) in [5, 5.41) is 7.92. The van der Waals surface area contributed by atoms with Crippen molar-refractivity contribution in [2.45, 2.75) is 25.4 Å². The number of nitrogens with zero attached hydrogens (tertiary/aromatic N) is 5. The molecule has 1 aliphatic rings. The molecule has 4 rings (SSSR count). The Morgan fingerprint density at radius 1 is 1.28 bits per heavy atom. The zero-order chi connectivity index (χ0) is 17.4. The van der Waals surface area contributed by atoms with Crippen LogP contribution >= 0.6 is 0 Å². The highest BCUT2D eigenvalue weighted by molar-refractivity contribution is 5.94. The van der Waals surface area contributed by atoms with Gasteiger partial charge in [0.25, 0.3) is 5.91 Å². The summed E-state index contributed by atoms with van der Waals surface area (Å²) < 4.78 is 1.77. The lowest BCUT2D eigenvalue weighted by Crippen LogP contribution is -2.26. The number of aromatic nitrogens is 4. The van der Waals surface area contributed by atoms with Crippen molar-refractivity contribution in [2.75, 3.05) is 11.9 Å². The van der Waals surface area contributed by atoms with E-state index in [1.54, 1.807) is 18.1 Å². The zero-order valence-electron chi connectivity index (χ0n) is 14.3. The maximum absolute atomic E-state index is 11.7. The van der Waals surface area contributed by atoms with Crippen molar-refractivity contribution in [3.63, 3.8) is 0 Å². The largest absolute Gasteiger partial charge is 0.355 e. The number of anilines is 1. The molecule has 1 N–H and O–H groups in total. The van der Waals surface area contributed by atoms with Gasteiger partial charge in [-0.1, -0.05) is 12.1 Å². The lowest BCUT2D eigenvalue weighted by molar-refractivity contribution is 0.0963. The second-order valence-electron chi connectivity index (χ2n) is 6.34. The van der Waals surface area contributed by atoms with Crippen LogP contribution in [0.4, 0.5) is 5.82 Å². The fourth-order valence-corrected chi connectivity index (χ4v) is 3.04. The van der Waals surface area contributed by atoms with Crippen molar-refractivity contribution in [3.8, 4) is 0 Å². The number of amides is 1. The van der Waals surface area contributed by atoms with Crippen LogP contribution in [0.2, 0.25) is 0 Å². The number of aryl methyl sites for hydroxylation is 1. The Kier molecular flexibility index (Phi) is 3.83. The van der Waals surface area contributed by atoms with Gasteiger partial charge >= 0.3 is 0 Å². The first kappa shape index (κ1) is 15.6. The lowest BCUT2D eigenvalue weighted by atomic mass is 10.1. The summed E-state index contributed by atoms with van der Waals surface area (Å²) in [7, 11) is 3.53. The first-order valence-corrected chi connectivity index (χ1v) is 8.37. The monoisotopic (exact) mass is 336 g/mol. The Bertz CT molecular complexity index is 913. The van der Waals surface area contributed by atoms with E-state index in [0.29, 0.717) is 11.6 Å². The lowest BCUT2D eigenvalue weighted by Gasteiger charge is -2.24. The quantitative estimate of drug-likeness (QED) is 0.770. The van der Waals surface area contributed by atoms with Crippen LogP contribution in [-0.2, 0) is 13.6 Å². The van der Waals surface area contributed by atoms with E-state index in [1.807, 2.05) is 37.5 Å². The summed E-state index contributed by atoms with van der Waals surface area (Å²) in [6.07, 6.45) is 5.77. The van der Waals surface area contributed by atoms with Gasteiger partial charge in [0.2, 0.25) is 0 Å². The predicted octanol–water partition coefficient (Wildman–Crippen LogP) is 1.89. The van der Waals surface area contributed by atoms with Gasteiger partial charge in [-0.05, 0) is 30.5 Å². The van der Waals surface area contributed by atoms with E-state index in [-0.39, 0.29) is 5.91 Å². The highest BCUT2D eigenvalue weighted by Crippen LogP contribution is 2.35.